The van der Waals surface area contributed by atoms with Crippen molar-refractivity contribution in [2.24, 2.45) is 4.99 Å². The first-order chi connectivity index (χ1) is 2.93. The molecule has 0 aromatic carbocycles. The Balaban J connectivity index is 2.60. The summed E-state index contributed by atoms with van der Waals surface area (Å²) >= 11 is 0. The van der Waals surface area contributed by atoms with E-state index in [0.29, 0.717) is 0 Å². The SMILES string of the molecule is C/N=C1\C=CC1. The van der Waals surface area contributed by atoms with Crippen LogP contribution in [0, 0.1) is 0 Å². The monoisotopic (exact) mass is 81.1 g/mol. The second-order valence-electron chi connectivity index (χ2n) is 1.32. The van der Waals surface area contributed by atoms with Gasteiger partial charge in [0.25, 0.3) is 0 Å². The fourth-order valence-corrected chi connectivity index (χ4v) is 0.389. The fourth-order valence-electron chi connectivity index (χ4n) is 0.389. The lowest BCUT2D eigenvalue weighted by atomic mass is 10.1. The van der Waals surface area contributed by atoms with E-state index in [9.17, 15) is 0 Å². The molecule has 0 bridgehead atoms. The normalized spacial score (nSPS) is 24.5. The maximum atomic E-state index is 3.92. The van der Waals surface area contributed by atoms with Gasteiger partial charge in [-0.05, 0) is 6.08 Å². The van der Waals surface area contributed by atoms with Gasteiger partial charge in [0.05, 0.1) is 0 Å². The molecular formula is C5H7N. The van der Waals surface area contributed by atoms with Crippen LogP contribution in [0.5, 0.6) is 0 Å². The third-order valence-electron chi connectivity index (χ3n) is 0.924. The van der Waals surface area contributed by atoms with E-state index >= 15 is 0 Å². The van der Waals surface area contributed by atoms with Crippen molar-refractivity contribution in [2.45, 2.75) is 6.42 Å². The summed E-state index contributed by atoms with van der Waals surface area (Å²) < 4.78 is 0. The highest BCUT2D eigenvalue weighted by molar-refractivity contribution is 6.01. The van der Waals surface area contributed by atoms with Crippen LogP contribution >= 0.6 is 0 Å². The fraction of sp³-hybridized carbons (Fsp3) is 0.400. The molecule has 0 fully saturated rings. The van der Waals surface area contributed by atoms with Crippen LogP contribution < -0.4 is 0 Å². The van der Waals surface area contributed by atoms with Crippen molar-refractivity contribution in [3.8, 4) is 0 Å². The van der Waals surface area contributed by atoms with Crippen molar-refractivity contribution in [2.75, 3.05) is 7.05 Å². The molecule has 0 N–H and O–H groups in total. The van der Waals surface area contributed by atoms with Crippen LogP contribution in [0.1, 0.15) is 6.42 Å². The van der Waals surface area contributed by atoms with Gasteiger partial charge >= 0.3 is 0 Å². The molecule has 1 aliphatic carbocycles. The first-order valence-electron chi connectivity index (χ1n) is 2.05. The van der Waals surface area contributed by atoms with Gasteiger partial charge in [0, 0.05) is 19.2 Å². The number of allylic oxidation sites excluding steroid dienone is 2. The minimum Gasteiger partial charge on any atom is -0.293 e. The third kappa shape index (κ3) is 0.361. The molecule has 6 heavy (non-hydrogen) atoms. The molecule has 0 aromatic heterocycles. The van der Waals surface area contributed by atoms with Gasteiger partial charge in [-0.2, -0.15) is 0 Å². The van der Waals surface area contributed by atoms with Gasteiger partial charge in [0.15, 0.2) is 0 Å². The molecule has 0 aromatic rings. The molecule has 1 aliphatic rings. The average Bonchev–Trinajstić information content (AvgIpc) is 1.31. The van der Waals surface area contributed by atoms with Crippen molar-refractivity contribution < 1.29 is 0 Å². The van der Waals surface area contributed by atoms with Crippen LogP contribution in [0.25, 0.3) is 0 Å². The summed E-state index contributed by atoms with van der Waals surface area (Å²) in [6, 6.07) is 0. The first kappa shape index (κ1) is 3.59. The topological polar surface area (TPSA) is 12.4 Å². The van der Waals surface area contributed by atoms with Crippen molar-refractivity contribution in [1.82, 2.24) is 0 Å². The Morgan fingerprint density at radius 2 is 2.50 bits per heavy atom. The van der Waals surface area contributed by atoms with Crippen LogP contribution in [-0.2, 0) is 0 Å². The Hall–Kier alpha value is -0.590. The number of hydrogen-bond donors (Lipinski definition) is 0. The van der Waals surface area contributed by atoms with E-state index < -0.39 is 0 Å². The number of aliphatic imine (C=N–C) groups is 1. The van der Waals surface area contributed by atoms with E-state index in [-0.39, 0.29) is 0 Å². The Bertz CT molecular complexity index is 101. The minimum atomic E-state index is 1.08. The molecular weight excluding hydrogens is 74.1 g/mol. The maximum absolute atomic E-state index is 3.92. The molecule has 32 valence electrons. The zero-order valence-corrected chi connectivity index (χ0v) is 3.81. The van der Waals surface area contributed by atoms with Gasteiger partial charge in [-0.15, -0.1) is 0 Å². The van der Waals surface area contributed by atoms with E-state index in [4.69, 9.17) is 0 Å². The highest BCUT2D eigenvalue weighted by atomic mass is 14.7. The highest BCUT2D eigenvalue weighted by Gasteiger charge is 1.95. The summed E-state index contributed by atoms with van der Waals surface area (Å²) in [4.78, 5) is 3.92. The van der Waals surface area contributed by atoms with E-state index in [2.05, 4.69) is 11.1 Å². The van der Waals surface area contributed by atoms with Gasteiger partial charge in [0.1, 0.15) is 0 Å². The Kier molecular flexibility index (Phi) is 0.748. The average molecular weight is 81.1 g/mol. The minimum absolute atomic E-state index is 1.08. The molecule has 0 saturated heterocycles. The molecule has 0 atom stereocenters. The molecule has 0 spiro atoms. The molecule has 0 amide bonds. The van der Waals surface area contributed by atoms with Crippen molar-refractivity contribution in [1.29, 1.82) is 0 Å². The second-order valence-corrected chi connectivity index (χ2v) is 1.32. The lowest BCUT2D eigenvalue weighted by molar-refractivity contribution is 1.32. The zero-order valence-electron chi connectivity index (χ0n) is 3.81. The standard InChI is InChI=1S/C5H7N/c1-6-5-3-2-4-5/h2-3H,4H2,1H3/b6-5+. The van der Waals surface area contributed by atoms with E-state index in [0.717, 1.165) is 6.42 Å². The summed E-state index contributed by atoms with van der Waals surface area (Å²) in [6.45, 7) is 0. The van der Waals surface area contributed by atoms with Gasteiger partial charge in [-0.25, -0.2) is 0 Å². The van der Waals surface area contributed by atoms with Crippen LogP contribution in [0.2, 0.25) is 0 Å². The van der Waals surface area contributed by atoms with Crippen LogP contribution in [-0.4, -0.2) is 12.8 Å². The van der Waals surface area contributed by atoms with Crippen molar-refractivity contribution >= 4 is 5.71 Å². The molecule has 1 rings (SSSR count). The number of rotatable bonds is 0. The maximum Gasteiger partial charge on any atom is 0.0379 e. The highest BCUT2D eigenvalue weighted by Crippen LogP contribution is 2.00. The largest absolute Gasteiger partial charge is 0.293 e. The predicted molar refractivity (Wildman–Crippen MR) is 27.1 cm³/mol. The Morgan fingerprint density at radius 3 is 2.50 bits per heavy atom. The van der Waals surface area contributed by atoms with E-state index in [1.807, 2.05) is 13.1 Å². The number of nitrogens with zero attached hydrogens (tertiary/aromatic N) is 1. The summed E-state index contributed by atoms with van der Waals surface area (Å²) in [5.74, 6) is 0. The molecule has 1 heteroatoms. The van der Waals surface area contributed by atoms with Gasteiger partial charge < -0.3 is 0 Å². The van der Waals surface area contributed by atoms with Crippen LogP contribution in [0.15, 0.2) is 17.1 Å². The van der Waals surface area contributed by atoms with Crippen LogP contribution in [0.4, 0.5) is 0 Å². The second kappa shape index (κ2) is 1.25. The zero-order chi connectivity index (χ0) is 4.41. The Morgan fingerprint density at radius 1 is 1.83 bits per heavy atom. The van der Waals surface area contributed by atoms with Gasteiger partial charge in [0.2, 0.25) is 0 Å². The van der Waals surface area contributed by atoms with Crippen LogP contribution in [0.3, 0.4) is 0 Å². The molecule has 1 nitrogen and oxygen atoms in total. The molecule has 0 radical (unpaired) electrons. The quantitative estimate of drug-likeness (QED) is 0.413. The van der Waals surface area contributed by atoms with Gasteiger partial charge in [-0.1, -0.05) is 6.08 Å². The van der Waals surface area contributed by atoms with E-state index in [1.54, 1.807) is 0 Å². The first-order valence-corrected chi connectivity index (χ1v) is 2.05. The Labute approximate surface area is 37.4 Å². The predicted octanol–water partition coefficient (Wildman–Crippen LogP) is 1.02. The molecule has 0 heterocycles. The molecule has 0 saturated carbocycles. The third-order valence-corrected chi connectivity index (χ3v) is 0.924. The summed E-state index contributed by atoms with van der Waals surface area (Å²) in [5.41, 5.74) is 1.22. The smallest absolute Gasteiger partial charge is 0.0379 e. The summed E-state index contributed by atoms with van der Waals surface area (Å²) in [7, 11) is 1.82. The summed E-state index contributed by atoms with van der Waals surface area (Å²) in [6.07, 6.45) is 5.21. The lowest BCUT2D eigenvalue weighted by Gasteiger charge is -2.00. The van der Waals surface area contributed by atoms with Gasteiger partial charge in [-0.3, -0.25) is 4.99 Å². The molecule has 0 unspecified atom stereocenters. The lowest BCUT2D eigenvalue weighted by Crippen LogP contribution is -1.98. The number of hydrogen-bond acceptors (Lipinski definition) is 1. The van der Waals surface area contributed by atoms with Crippen molar-refractivity contribution in [3.05, 3.63) is 12.2 Å². The van der Waals surface area contributed by atoms with Crippen molar-refractivity contribution in [3.63, 3.8) is 0 Å². The van der Waals surface area contributed by atoms with E-state index in [1.165, 1.54) is 5.71 Å². The molecule has 0 aliphatic heterocycles. The summed E-state index contributed by atoms with van der Waals surface area (Å²) in [5, 5.41) is 0.